The molecule has 1 fully saturated rings. The van der Waals surface area contributed by atoms with Gasteiger partial charge in [0.05, 0.1) is 16.3 Å². The Hall–Kier alpha value is -2.46. The average Bonchev–Trinajstić information content (AvgIpc) is 3.17. The van der Waals surface area contributed by atoms with E-state index in [-0.39, 0.29) is 17.6 Å². The fourth-order valence-corrected chi connectivity index (χ4v) is 4.59. The molecule has 0 aliphatic carbocycles. The Labute approximate surface area is 209 Å². The molecule has 33 heavy (non-hydrogen) atoms. The van der Waals surface area contributed by atoms with Crippen molar-refractivity contribution in [3.63, 3.8) is 0 Å². The molecule has 3 heterocycles. The van der Waals surface area contributed by atoms with Gasteiger partial charge in [-0.05, 0) is 65.5 Å². The van der Waals surface area contributed by atoms with Gasteiger partial charge in [0.1, 0.15) is 10.3 Å². The zero-order valence-corrected chi connectivity index (χ0v) is 20.8. The number of carbonyl (C=O) groups excluding carboxylic acids is 2. The number of hydrogen-bond donors (Lipinski definition) is 2. The third kappa shape index (κ3) is 5.06. The van der Waals surface area contributed by atoms with Crippen LogP contribution in [0.5, 0.6) is 0 Å². The van der Waals surface area contributed by atoms with Crippen LogP contribution < -0.4 is 11.1 Å². The van der Waals surface area contributed by atoms with Gasteiger partial charge in [0.25, 0.3) is 11.8 Å². The summed E-state index contributed by atoms with van der Waals surface area (Å²) in [6.07, 6.45) is 3.01. The van der Waals surface area contributed by atoms with Gasteiger partial charge in [-0.1, -0.05) is 23.2 Å². The molecule has 3 aromatic rings. The Balaban J connectivity index is 1.69. The zero-order valence-electron chi connectivity index (χ0n) is 17.7. The molecule has 0 spiro atoms. The average molecular weight is 552 g/mol. The van der Waals surface area contributed by atoms with Crippen molar-refractivity contribution in [2.45, 2.75) is 25.8 Å². The SMILES string of the molecule is Cc1cc(Cl)cc(C(=O)N2CCC(N)CC2)c1NC(=O)c1cc(Br)nn1-c1ncccc1Cl. The number of hydrogen-bond acceptors (Lipinski definition) is 5. The van der Waals surface area contributed by atoms with Crippen LogP contribution >= 0.6 is 39.1 Å². The molecule has 4 rings (SSSR count). The van der Waals surface area contributed by atoms with Crippen LogP contribution in [0.4, 0.5) is 5.69 Å². The van der Waals surface area contributed by atoms with E-state index in [9.17, 15) is 9.59 Å². The fourth-order valence-electron chi connectivity index (χ4n) is 3.74. The second kappa shape index (κ2) is 9.80. The fraction of sp³-hybridized carbons (Fsp3) is 0.273. The van der Waals surface area contributed by atoms with Gasteiger partial charge in [-0.15, -0.1) is 0 Å². The molecule has 0 atom stereocenters. The van der Waals surface area contributed by atoms with Crippen molar-refractivity contribution in [2.75, 3.05) is 18.4 Å². The third-order valence-electron chi connectivity index (χ3n) is 5.45. The first kappa shape index (κ1) is 23.7. The molecule has 1 aliphatic rings. The summed E-state index contributed by atoms with van der Waals surface area (Å²) < 4.78 is 1.78. The second-order valence-corrected chi connectivity index (χ2v) is 9.46. The minimum absolute atomic E-state index is 0.0893. The van der Waals surface area contributed by atoms with Crippen LogP contribution in [0.3, 0.4) is 0 Å². The first-order chi connectivity index (χ1) is 15.7. The molecule has 3 N–H and O–H groups in total. The van der Waals surface area contributed by atoms with E-state index in [0.29, 0.717) is 50.4 Å². The first-order valence-electron chi connectivity index (χ1n) is 10.3. The Morgan fingerprint density at radius 1 is 1.21 bits per heavy atom. The highest BCUT2D eigenvalue weighted by molar-refractivity contribution is 9.10. The number of aryl methyl sites for hydroxylation is 1. The summed E-state index contributed by atoms with van der Waals surface area (Å²) in [5, 5.41) is 7.92. The lowest BCUT2D eigenvalue weighted by Gasteiger charge is -2.31. The van der Waals surface area contributed by atoms with E-state index in [4.69, 9.17) is 28.9 Å². The van der Waals surface area contributed by atoms with E-state index < -0.39 is 5.91 Å². The predicted octanol–water partition coefficient (Wildman–Crippen LogP) is 4.46. The maximum absolute atomic E-state index is 13.3. The monoisotopic (exact) mass is 550 g/mol. The maximum atomic E-state index is 13.3. The lowest BCUT2D eigenvalue weighted by atomic mass is 10.0. The van der Waals surface area contributed by atoms with Crippen molar-refractivity contribution >= 4 is 56.6 Å². The number of nitrogens with one attached hydrogen (secondary N) is 1. The topological polar surface area (TPSA) is 106 Å². The van der Waals surface area contributed by atoms with Gasteiger partial charge in [0, 0.05) is 36.4 Å². The lowest BCUT2D eigenvalue weighted by molar-refractivity contribution is 0.0715. The standard InChI is InChI=1S/C22H21BrCl2N6O2/c1-12-9-13(24)10-15(22(33)30-7-4-14(26)5-8-30)19(12)28-21(32)17-11-18(23)29-31(17)20-16(25)3-2-6-27-20/h2-3,6,9-11,14H,4-5,7-8,26H2,1H3,(H,28,32). The van der Waals surface area contributed by atoms with Crippen LogP contribution in [0.1, 0.15) is 39.3 Å². The number of aromatic nitrogens is 3. The smallest absolute Gasteiger partial charge is 0.274 e. The Morgan fingerprint density at radius 2 is 1.94 bits per heavy atom. The highest BCUT2D eigenvalue weighted by atomic mass is 79.9. The first-order valence-corrected chi connectivity index (χ1v) is 11.8. The van der Waals surface area contributed by atoms with Gasteiger partial charge in [-0.25, -0.2) is 9.67 Å². The molecule has 172 valence electrons. The number of nitrogens with zero attached hydrogens (tertiary/aromatic N) is 4. The van der Waals surface area contributed by atoms with Crippen LogP contribution in [0.15, 0.2) is 41.1 Å². The van der Waals surface area contributed by atoms with Crippen molar-refractivity contribution in [1.82, 2.24) is 19.7 Å². The molecule has 1 aliphatic heterocycles. The van der Waals surface area contributed by atoms with Crippen LogP contribution in [0.25, 0.3) is 5.82 Å². The van der Waals surface area contributed by atoms with Crippen LogP contribution in [-0.2, 0) is 0 Å². The molecular weight excluding hydrogens is 531 g/mol. The van der Waals surface area contributed by atoms with Gasteiger partial charge < -0.3 is 16.0 Å². The number of amides is 2. The summed E-state index contributed by atoms with van der Waals surface area (Å²) in [7, 11) is 0. The molecule has 11 heteroatoms. The lowest BCUT2D eigenvalue weighted by Crippen LogP contribution is -2.43. The minimum atomic E-state index is -0.477. The number of benzene rings is 1. The number of pyridine rings is 1. The van der Waals surface area contributed by atoms with Gasteiger partial charge in [-0.3, -0.25) is 9.59 Å². The van der Waals surface area contributed by atoms with Crippen molar-refractivity contribution < 1.29 is 9.59 Å². The molecule has 0 unspecified atom stereocenters. The number of rotatable bonds is 4. The van der Waals surface area contributed by atoms with Gasteiger partial charge in [0.15, 0.2) is 5.82 Å². The number of halogens is 3. The third-order valence-corrected chi connectivity index (χ3v) is 6.35. The van der Waals surface area contributed by atoms with Crippen LogP contribution in [0, 0.1) is 6.92 Å². The van der Waals surface area contributed by atoms with Gasteiger partial charge >= 0.3 is 0 Å². The number of likely N-dealkylation sites (tertiary alicyclic amines) is 1. The summed E-state index contributed by atoms with van der Waals surface area (Å²) in [5.74, 6) is -0.371. The van der Waals surface area contributed by atoms with E-state index in [1.807, 2.05) is 0 Å². The molecule has 1 saturated heterocycles. The van der Waals surface area contributed by atoms with Crippen LogP contribution in [0.2, 0.25) is 10.0 Å². The van der Waals surface area contributed by atoms with Crippen molar-refractivity contribution in [2.24, 2.45) is 5.73 Å². The number of anilines is 1. The molecule has 0 bridgehead atoms. The Kier molecular flexibility index (Phi) is 7.04. The zero-order chi connectivity index (χ0) is 23.7. The second-order valence-electron chi connectivity index (χ2n) is 7.80. The van der Waals surface area contributed by atoms with Crippen molar-refractivity contribution in [3.8, 4) is 5.82 Å². The summed E-state index contributed by atoms with van der Waals surface area (Å²) in [6.45, 7) is 2.89. The highest BCUT2D eigenvalue weighted by Crippen LogP contribution is 2.29. The molecular formula is C22H21BrCl2N6O2. The van der Waals surface area contributed by atoms with E-state index in [0.717, 1.165) is 12.8 Å². The number of nitrogens with two attached hydrogens (primary N) is 1. The van der Waals surface area contributed by atoms with Gasteiger partial charge in [0.2, 0.25) is 0 Å². The largest absolute Gasteiger partial charge is 0.338 e. The van der Waals surface area contributed by atoms with Gasteiger partial charge in [-0.2, -0.15) is 5.10 Å². The predicted molar refractivity (Wildman–Crippen MR) is 131 cm³/mol. The molecule has 0 radical (unpaired) electrons. The van der Waals surface area contributed by atoms with E-state index >= 15 is 0 Å². The van der Waals surface area contributed by atoms with E-state index in [1.165, 1.54) is 4.68 Å². The molecule has 8 nitrogen and oxygen atoms in total. The summed E-state index contributed by atoms with van der Waals surface area (Å²) >= 11 is 15.8. The molecule has 2 amide bonds. The van der Waals surface area contributed by atoms with E-state index in [1.54, 1.807) is 48.4 Å². The Bertz CT molecular complexity index is 1220. The normalized spacial score (nSPS) is 14.4. The molecule has 2 aromatic heterocycles. The van der Waals surface area contributed by atoms with Crippen molar-refractivity contribution in [1.29, 1.82) is 0 Å². The summed E-state index contributed by atoms with van der Waals surface area (Å²) in [6, 6.07) is 8.26. The number of carbonyl (C=O) groups is 2. The quantitative estimate of drug-likeness (QED) is 0.498. The summed E-state index contributed by atoms with van der Waals surface area (Å²) in [4.78, 5) is 32.6. The molecule has 1 aromatic carbocycles. The van der Waals surface area contributed by atoms with E-state index in [2.05, 4.69) is 31.3 Å². The summed E-state index contributed by atoms with van der Waals surface area (Å²) in [5.41, 5.74) is 7.54. The van der Waals surface area contributed by atoms with Crippen molar-refractivity contribution in [3.05, 3.63) is 68.0 Å². The Morgan fingerprint density at radius 3 is 2.64 bits per heavy atom. The number of piperidine rings is 1. The maximum Gasteiger partial charge on any atom is 0.274 e. The molecule has 0 saturated carbocycles. The van der Waals surface area contributed by atoms with Crippen LogP contribution in [-0.4, -0.2) is 50.6 Å². The highest BCUT2D eigenvalue weighted by Gasteiger charge is 2.27. The minimum Gasteiger partial charge on any atom is -0.338 e.